The fraction of sp³-hybridized carbons (Fsp3) is 0.600. The van der Waals surface area contributed by atoms with Crippen LogP contribution in [0.15, 0.2) is 18.3 Å². The van der Waals surface area contributed by atoms with Crippen molar-refractivity contribution in [1.82, 2.24) is 4.98 Å². The molecule has 4 heteroatoms. The summed E-state index contributed by atoms with van der Waals surface area (Å²) < 4.78 is 4.99. The number of unbranched alkanes of at least 4 members (excludes halogenated alkanes) is 6. The van der Waals surface area contributed by atoms with Crippen molar-refractivity contribution in [1.29, 1.82) is 0 Å². The van der Waals surface area contributed by atoms with Crippen LogP contribution in [0.4, 0.5) is 0 Å². The van der Waals surface area contributed by atoms with Gasteiger partial charge in [-0.1, -0.05) is 45.4 Å². The normalized spacial score (nSPS) is 10.4. The number of carbonyl (C=O) groups is 1. The van der Waals surface area contributed by atoms with Crippen LogP contribution in [0.3, 0.4) is 0 Å². The first kappa shape index (κ1) is 15.5. The molecule has 0 aliphatic carbocycles. The Bertz CT molecular complexity index is 379. The Hall–Kier alpha value is -1.58. The topological polar surface area (TPSA) is 59.4 Å². The molecule has 0 saturated heterocycles. The van der Waals surface area contributed by atoms with Crippen molar-refractivity contribution in [2.24, 2.45) is 0 Å². The second-order valence-electron chi connectivity index (χ2n) is 4.67. The average molecular weight is 265 g/mol. The minimum atomic E-state index is -0.331. The van der Waals surface area contributed by atoms with Gasteiger partial charge < -0.3 is 9.84 Å². The molecule has 0 aliphatic heterocycles. The lowest BCUT2D eigenvalue weighted by Gasteiger charge is -2.04. The molecule has 0 aliphatic rings. The molecule has 0 unspecified atom stereocenters. The van der Waals surface area contributed by atoms with E-state index in [-0.39, 0.29) is 17.6 Å². The highest BCUT2D eigenvalue weighted by Crippen LogP contribution is 2.21. The molecule has 0 fully saturated rings. The van der Waals surface area contributed by atoms with Crippen LogP contribution in [0, 0.1) is 0 Å². The Labute approximate surface area is 114 Å². The van der Waals surface area contributed by atoms with Crippen molar-refractivity contribution in [2.45, 2.75) is 58.3 Å². The van der Waals surface area contributed by atoms with Gasteiger partial charge in [0.05, 0.1) is 0 Å². The maximum Gasteiger partial charge on any atom is 0.312 e. The largest absolute Gasteiger partial charge is 0.503 e. The Kier molecular flexibility index (Phi) is 7.63. The van der Waals surface area contributed by atoms with Gasteiger partial charge in [0, 0.05) is 12.6 Å². The number of nitrogens with zero attached hydrogens (tertiary/aromatic N) is 1. The Morgan fingerprint density at radius 2 is 1.89 bits per heavy atom. The third-order valence-electron chi connectivity index (χ3n) is 2.95. The predicted octanol–water partition coefficient (Wildman–Crippen LogP) is 3.83. The van der Waals surface area contributed by atoms with Crippen molar-refractivity contribution < 1.29 is 14.6 Å². The SMILES string of the molecule is CCCCCCCCCC(=O)Oc1ncccc1O. The molecule has 0 bridgehead atoms. The van der Waals surface area contributed by atoms with E-state index in [1.807, 2.05) is 0 Å². The van der Waals surface area contributed by atoms with E-state index >= 15 is 0 Å². The first-order chi connectivity index (χ1) is 9.24. The van der Waals surface area contributed by atoms with Crippen molar-refractivity contribution in [3.63, 3.8) is 0 Å². The summed E-state index contributed by atoms with van der Waals surface area (Å²) in [6.07, 6.45) is 9.97. The lowest BCUT2D eigenvalue weighted by Crippen LogP contribution is -2.08. The third kappa shape index (κ3) is 6.79. The fourth-order valence-corrected chi connectivity index (χ4v) is 1.85. The van der Waals surface area contributed by atoms with E-state index in [0.717, 1.165) is 12.8 Å². The molecular weight excluding hydrogens is 242 g/mol. The molecular formula is C15H23NO3. The average Bonchev–Trinajstić information content (AvgIpc) is 2.40. The van der Waals surface area contributed by atoms with Gasteiger partial charge in [-0.05, 0) is 18.6 Å². The summed E-state index contributed by atoms with van der Waals surface area (Å²) in [6.45, 7) is 2.20. The number of carbonyl (C=O) groups excluding carboxylic acids is 1. The standard InChI is InChI=1S/C15H23NO3/c1-2-3-4-5-6-7-8-11-14(18)19-15-13(17)10-9-12-16-15/h9-10,12,17H,2-8,11H2,1H3. The van der Waals surface area contributed by atoms with Crippen LogP contribution in [-0.2, 0) is 4.79 Å². The highest BCUT2D eigenvalue weighted by atomic mass is 16.5. The first-order valence-corrected chi connectivity index (χ1v) is 7.08. The van der Waals surface area contributed by atoms with Gasteiger partial charge in [-0.2, -0.15) is 0 Å². The predicted molar refractivity (Wildman–Crippen MR) is 74.1 cm³/mol. The molecule has 1 N–H and O–H groups in total. The summed E-state index contributed by atoms with van der Waals surface area (Å²) in [6, 6.07) is 3.03. The van der Waals surface area contributed by atoms with Gasteiger partial charge in [0.25, 0.3) is 5.88 Å². The number of hydrogen-bond acceptors (Lipinski definition) is 4. The first-order valence-electron chi connectivity index (χ1n) is 7.08. The van der Waals surface area contributed by atoms with Crippen LogP contribution in [0.2, 0.25) is 0 Å². The molecule has 4 nitrogen and oxygen atoms in total. The van der Waals surface area contributed by atoms with E-state index in [4.69, 9.17) is 4.74 Å². The molecule has 0 saturated carbocycles. The van der Waals surface area contributed by atoms with Crippen LogP contribution in [-0.4, -0.2) is 16.1 Å². The number of esters is 1. The van der Waals surface area contributed by atoms with Crippen molar-refractivity contribution in [3.8, 4) is 11.6 Å². The zero-order valence-corrected chi connectivity index (χ0v) is 11.6. The van der Waals surface area contributed by atoms with E-state index in [1.54, 1.807) is 6.07 Å². The minimum Gasteiger partial charge on any atom is -0.503 e. The second-order valence-corrected chi connectivity index (χ2v) is 4.67. The summed E-state index contributed by atoms with van der Waals surface area (Å²) in [4.78, 5) is 15.3. The summed E-state index contributed by atoms with van der Waals surface area (Å²) in [5.41, 5.74) is 0. The van der Waals surface area contributed by atoms with Crippen molar-refractivity contribution in [3.05, 3.63) is 18.3 Å². The number of hydrogen-bond donors (Lipinski definition) is 1. The second kappa shape index (κ2) is 9.36. The van der Waals surface area contributed by atoms with E-state index in [2.05, 4.69) is 11.9 Å². The van der Waals surface area contributed by atoms with Gasteiger partial charge in [0.2, 0.25) is 0 Å². The van der Waals surface area contributed by atoms with Crippen LogP contribution in [0.25, 0.3) is 0 Å². The Balaban J connectivity index is 2.10. The van der Waals surface area contributed by atoms with Crippen molar-refractivity contribution in [2.75, 3.05) is 0 Å². The van der Waals surface area contributed by atoms with Gasteiger partial charge in [-0.3, -0.25) is 4.79 Å². The molecule has 1 aromatic heterocycles. The van der Waals surface area contributed by atoms with Crippen LogP contribution >= 0.6 is 0 Å². The van der Waals surface area contributed by atoms with Crippen LogP contribution in [0.1, 0.15) is 58.3 Å². The highest BCUT2D eigenvalue weighted by Gasteiger charge is 2.09. The van der Waals surface area contributed by atoms with E-state index < -0.39 is 0 Å². The molecule has 106 valence electrons. The monoisotopic (exact) mass is 265 g/mol. The third-order valence-corrected chi connectivity index (χ3v) is 2.95. The van der Waals surface area contributed by atoms with Gasteiger partial charge in [0.1, 0.15) is 0 Å². The molecule has 1 aromatic rings. The fourth-order valence-electron chi connectivity index (χ4n) is 1.85. The molecule has 0 amide bonds. The number of rotatable bonds is 9. The van der Waals surface area contributed by atoms with Gasteiger partial charge >= 0.3 is 5.97 Å². The quantitative estimate of drug-likeness (QED) is 0.544. The smallest absolute Gasteiger partial charge is 0.312 e. The molecule has 0 spiro atoms. The Morgan fingerprint density at radius 3 is 2.58 bits per heavy atom. The molecule has 0 aromatic carbocycles. The molecule has 1 heterocycles. The number of pyridine rings is 1. The molecule has 0 atom stereocenters. The lowest BCUT2D eigenvalue weighted by atomic mass is 10.1. The maximum atomic E-state index is 11.5. The summed E-state index contributed by atoms with van der Waals surface area (Å²) in [5.74, 6) is -0.437. The zero-order chi connectivity index (χ0) is 13.9. The molecule has 1 rings (SSSR count). The van der Waals surface area contributed by atoms with Gasteiger partial charge in [-0.25, -0.2) is 4.98 Å². The maximum absolute atomic E-state index is 11.5. The highest BCUT2D eigenvalue weighted by molar-refractivity contribution is 5.72. The lowest BCUT2D eigenvalue weighted by molar-refractivity contribution is -0.134. The van der Waals surface area contributed by atoms with E-state index in [9.17, 15) is 9.90 Å². The van der Waals surface area contributed by atoms with Crippen molar-refractivity contribution >= 4 is 5.97 Å². The van der Waals surface area contributed by atoms with E-state index in [1.165, 1.54) is 44.4 Å². The zero-order valence-electron chi connectivity index (χ0n) is 11.6. The summed E-state index contributed by atoms with van der Waals surface area (Å²) in [5, 5.41) is 9.41. The van der Waals surface area contributed by atoms with E-state index in [0.29, 0.717) is 6.42 Å². The summed E-state index contributed by atoms with van der Waals surface area (Å²) >= 11 is 0. The summed E-state index contributed by atoms with van der Waals surface area (Å²) in [7, 11) is 0. The number of aromatic nitrogens is 1. The van der Waals surface area contributed by atoms with Crippen LogP contribution in [0.5, 0.6) is 11.6 Å². The number of aromatic hydroxyl groups is 1. The minimum absolute atomic E-state index is 0.00422. The Morgan fingerprint density at radius 1 is 1.21 bits per heavy atom. The van der Waals surface area contributed by atoms with Gasteiger partial charge in [-0.15, -0.1) is 0 Å². The molecule has 19 heavy (non-hydrogen) atoms. The number of ether oxygens (including phenoxy) is 1. The van der Waals surface area contributed by atoms with Crippen LogP contribution < -0.4 is 4.74 Å². The molecule has 0 radical (unpaired) electrons. The van der Waals surface area contributed by atoms with Gasteiger partial charge in [0.15, 0.2) is 5.75 Å².